The zero-order valence-electron chi connectivity index (χ0n) is 19.4. The molecule has 0 aliphatic heterocycles. The zero-order valence-corrected chi connectivity index (χ0v) is 20.2. The molecular formula is C26H24N8OS. The Bertz CT molecular complexity index is 1700. The summed E-state index contributed by atoms with van der Waals surface area (Å²) in [5, 5.41) is 12.5. The lowest BCUT2D eigenvalue weighted by atomic mass is 10.0. The number of amides is 1. The maximum absolute atomic E-state index is 12.2. The van der Waals surface area contributed by atoms with Crippen LogP contribution in [0, 0.1) is 0 Å². The van der Waals surface area contributed by atoms with Crippen LogP contribution in [-0.4, -0.2) is 43.7 Å². The molecule has 0 aliphatic carbocycles. The minimum Gasteiger partial charge on any atom is -0.368 e. The Balaban J connectivity index is 1.47. The number of carbonyl (C=O) groups excluding carboxylic acids is 1. The van der Waals surface area contributed by atoms with E-state index in [-0.39, 0.29) is 11.9 Å². The molecule has 0 radical (unpaired) electrons. The molecule has 9 nitrogen and oxygen atoms in total. The molecule has 0 bridgehead atoms. The number of nitrogens with two attached hydrogens (primary N) is 2. The second kappa shape index (κ2) is 9.06. The molecule has 6 rings (SSSR count). The van der Waals surface area contributed by atoms with Crippen LogP contribution in [0.1, 0.15) is 6.42 Å². The van der Waals surface area contributed by atoms with E-state index in [2.05, 4.69) is 67.9 Å². The highest BCUT2D eigenvalue weighted by atomic mass is 32.1. The predicted molar refractivity (Wildman–Crippen MR) is 145 cm³/mol. The van der Waals surface area contributed by atoms with E-state index in [1.54, 1.807) is 17.5 Å². The van der Waals surface area contributed by atoms with Crippen molar-refractivity contribution in [2.75, 3.05) is 18.8 Å². The van der Waals surface area contributed by atoms with Crippen molar-refractivity contribution in [1.82, 2.24) is 30.0 Å². The Labute approximate surface area is 210 Å². The summed E-state index contributed by atoms with van der Waals surface area (Å²) in [4.78, 5) is 22.1. The number of nitrogens with one attached hydrogen (secondary N) is 2. The predicted octanol–water partition coefficient (Wildman–Crippen LogP) is 3.90. The highest BCUT2D eigenvalue weighted by Gasteiger charge is 2.18. The fourth-order valence-electron chi connectivity index (χ4n) is 4.52. The molecule has 2 aromatic carbocycles. The number of fused-ring (bicyclic) bond motifs is 3. The molecule has 0 atom stereocenters. The van der Waals surface area contributed by atoms with Gasteiger partial charge in [-0.3, -0.25) is 9.89 Å². The molecule has 4 aromatic heterocycles. The van der Waals surface area contributed by atoms with E-state index >= 15 is 0 Å². The number of thiophene rings is 1. The maximum Gasteiger partial charge on any atom is 0.221 e. The van der Waals surface area contributed by atoms with Crippen molar-refractivity contribution in [3.05, 3.63) is 61.1 Å². The van der Waals surface area contributed by atoms with E-state index in [0.29, 0.717) is 26.1 Å². The van der Waals surface area contributed by atoms with Crippen LogP contribution in [0.15, 0.2) is 61.1 Å². The first-order valence-electron chi connectivity index (χ1n) is 11.7. The lowest BCUT2D eigenvalue weighted by molar-refractivity contribution is -0.121. The fourth-order valence-corrected chi connectivity index (χ4v) is 5.61. The quantitative estimate of drug-likeness (QED) is 0.264. The van der Waals surface area contributed by atoms with E-state index in [4.69, 9.17) is 11.5 Å². The molecule has 10 heteroatoms. The lowest BCUT2D eigenvalue weighted by Crippen LogP contribution is -2.29. The number of aryl methyl sites for hydroxylation is 1. The Kier molecular flexibility index (Phi) is 5.59. The van der Waals surface area contributed by atoms with Crippen LogP contribution >= 0.6 is 11.3 Å². The van der Waals surface area contributed by atoms with Gasteiger partial charge in [0.2, 0.25) is 11.9 Å². The Morgan fingerprint density at radius 3 is 2.86 bits per heavy atom. The number of aromatic amines is 1. The third-order valence-corrected chi connectivity index (χ3v) is 7.38. The van der Waals surface area contributed by atoms with E-state index in [1.165, 1.54) is 10.1 Å². The molecule has 0 spiro atoms. The zero-order chi connectivity index (χ0) is 24.6. The summed E-state index contributed by atoms with van der Waals surface area (Å²) in [5.41, 5.74) is 17.0. The van der Waals surface area contributed by atoms with E-state index in [1.807, 2.05) is 17.0 Å². The Hall–Kier alpha value is -4.28. The smallest absolute Gasteiger partial charge is 0.221 e. The highest BCUT2D eigenvalue weighted by Crippen LogP contribution is 2.40. The topological polar surface area (TPSA) is 141 Å². The number of anilines is 1. The van der Waals surface area contributed by atoms with Gasteiger partial charge < -0.3 is 21.4 Å². The molecule has 0 saturated heterocycles. The van der Waals surface area contributed by atoms with Crippen molar-refractivity contribution >= 4 is 55.2 Å². The number of nitrogens with zero attached hydrogens (tertiary/aromatic N) is 4. The van der Waals surface area contributed by atoms with Crippen molar-refractivity contribution in [3.63, 3.8) is 0 Å². The average molecular weight is 497 g/mol. The first-order chi connectivity index (χ1) is 17.6. The molecule has 0 aliphatic rings. The first kappa shape index (κ1) is 22.2. The van der Waals surface area contributed by atoms with Gasteiger partial charge in [-0.2, -0.15) is 5.10 Å². The molecule has 4 heterocycles. The number of carbonyl (C=O) groups is 1. The first-order valence-corrected chi connectivity index (χ1v) is 12.5. The largest absolute Gasteiger partial charge is 0.368 e. The van der Waals surface area contributed by atoms with Crippen LogP contribution in [0.5, 0.6) is 0 Å². The van der Waals surface area contributed by atoms with Crippen LogP contribution < -0.4 is 16.8 Å². The fraction of sp³-hybridized carbons (Fsp3) is 0.154. The van der Waals surface area contributed by atoms with Crippen LogP contribution in [0.2, 0.25) is 0 Å². The number of rotatable bonds is 7. The average Bonchev–Trinajstić information content (AvgIpc) is 3.62. The molecular weight excluding hydrogens is 472 g/mol. The summed E-state index contributed by atoms with van der Waals surface area (Å²) in [6.45, 7) is 1.35. The molecule has 1 amide bonds. The number of H-pyrrole nitrogens is 1. The summed E-state index contributed by atoms with van der Waals surface area (Å²) in [7, 11) is 0. The summed E-state index contributed by atoms with van der Waals surface area (Å²) in [6.07, 6.45) is 5.88. The number of aromatic nitrogens is 5. The second-order valence-electron chi connectivity index (χ2n) is 8.59. The van der Waals surface area contributed by atoms with Gasteiger partial charge in [0, 0.05) is 58.3 Å². The van der Waals surface area contributed by atoms with Gasteiger partial charge in [0.25, 0.3) is 0 Å². The van der Waals surface area contributed by atoms with Crippen molar-refractivity contribution < 1.29 is 4.79 Å². The van der Waals surface area contributed by atoms with Gasteiger partial charge in [0.1, 0.15) is 5.52 Å². The van der Waals surface area contributed by atoms with Crippen molar-refractivity contribution in [1.29, 1.82) is 0 Å². The number of benzene rings is 2. The van der Waals surface area contributed by atoms with Gasteiger partial charge in [-0.1, -0.05) is 18.2 Å². The minimum absolute atomic E-state index is 0.0490. The van der Waals surface area contributed by atoms with E-state index < -0.39 is 0 Å². The van der Waals surface area contributed by atoms with Gasteiger partial charge in [0.15, 0.2) is 0 Å². The van der Waals surface area contributed by atoms with Gasteiger partial charge >= 0.3 is 0 Å². The summed E-state index contributed by atoms with van der Waals surface area (Å²) < 4.78 is 3.24. The monoisotopic (exact) mass is 496 g/mol. The summed E-state index contributed by atoms with van der Waals surface area (Å²) >= 11 is 1.75. The van der Waals surface area contributed by atoms with E-state index in [9.17, 15) is 4.79 Å². The third kappa shape index (κ3) is 3.96. The molecule has 6 aromatic rings. The Morgan fingerprint density at radius 1 is 1.11 bits per heavy atom. The molecule has 6 N–H and O–H groups in total. The van der Waals surface area contributed by atoms with Gasteiger partial charge in [0.05, 0.1) is 23.4 Å². The molecule has 0 fully saturated rings. The van der Waals surface area contributed by atoms with Gasteiger partial charge in [-0.15, -0.1) is 11.3 Å². The highest BCUT2D eigenvalue weighted by molar-refractivity contribution is 7.22. The maximum atomic E-state index is 12.2. The standard InChI is InChI=1S/C26H24N8OS/c27-6-7-29-23(35)5-8-34-14-19(25-20(34)13-30-26(28)32-25)16-9-17-12-31-33-24(17)18(10-16)22-11-15-3-1-2-4-21(15)36-22/h1-4,9-14H,5-8,27H2,(H,29,35)(H,31,33)(H2,28,30,32). The molecule has 0 saturated carbocycles. The normalized spacial score (nSPS) is 11.6. The molecule has 180 valence electrons. The molecule has 0 unspecified atom stereocenters. The third-order valence-electron chi connectivity index (χ3n) is 6.23. The Morgan fingerprint density at radius 2 is 2.00 bits per heavy atom. The second-order valence-corrected chi connectivity index (χ2v) is 9.68. The number of hydrogen-bond donors (Lipinski definition) is 4. The van der Waals surface area contributed by atoms with Crippen LogP contribution in [0.3, 0.4) is 0 Å². The lowest BCUT2D eigenvalue weighted by Gasteiger charge is -2.06. The molecule has 36 heavy (non-hydrogen) atoms. The van der Waals surface area contributed by atoms with Crippen LogP contribution in [0.25, 0.3) is 53.6 Å². The van der Waals surface area contributed by atoms with Gasteiger partial charge in [-0.05, 0) is 35.2 Å². The van der Waals surface area contributed by atoms with Crippen molar-refractivity contribution in [2.24, 2.45) is 5.73 Å². The van der Waals surface area contributed by atoms with Crippen molar-refractivity contribution in [3.8, 4) is 21.6 Å². The SMILES string of the molecule is NCCNC(=O)CCn1cc(-c2cc(-c3cc4ccccc4s3)c3[nH]ncc3c2)c2nc(N)ncc21. The van der Waals surface area contributed by atoms with E-state index in [0.717, 1.165) is 43.5 Å². The van der Waals surface area contributed by atoms with Crippen LogP contribution in [0.4, 0.5) is 5.95 Å². The van der Waals surface area contributed by atoms with Gasteiger partial charge in [-0.25, -0.2) is 9.97 Å². The van der Waals surface area contributed by atoms with Crippen LogP contribution in [-0.2, 0) is 11.3 Å². The minimum atomic E-state index is -0.0490. The van der Waals surface area contributed by atoms with Crippen molar-refractivity contribution in [2.45, 2.75) is 13.0 Å². The number of nitrogen functional groups attached to an aromatic ring is 1. The summed E-state index contributed by atoms with van der Waals surface area (Å²) in [5.74, 6) is 0.156. The summed E-state index contributed by atoms with van der Waals surface area (Å²) in [6, 6.07) is 14.8. The number of hydrogen-bond acceptors (Lipinski definition) is 7.